The van der Waals surface area contributed by atoms with Crippen molar-refractivity contribution in [3.8, 4) is 23.2 Å². The lowest BCUT2D eigenvalue weighted by atomic mass is 10.1. The molecule has 0 spiro atoms. The van der Waals surface area contributed by atoms with E-state index in [2.05, 4.69) is 10.3 Å². The topological polar surface area (TPSA) is 95.3 Å². The highest BCUT2D eigenvalue weighted by atomic mass is 19.3. The Morgan fingerprint density at radius 3 is 2.69 bits per heavy atom. The van der Waals surface area contributed by atoms with Crippen LogP contribution in [0.5, 0.6) is 5.88 Å². The minimum Gasteiger partial charge on any atom is -0.481 e. The molecular weight excluding hydrogens is 382 g/mol. The van der Waals surface area contributed by atoms with Crippen LogP contribution >= 0.6 is 0 Å². The number of nitrogens with one attached hydrogen (secondary N) is 1. The van der Waals surface area contributed by atoms with E-state index in [1.165, 1.54) is 19.2 Å². The minimum atomic E-state index is -3.11. The Morgan fingerprint density at radius 1 is 1.31 bits per heavy atom. The summed E-state index contributed by atoms with van der Waals surface area (Å²) in [5, 5.41) is 11.4. The first-order chi connectivity index (χ1) is 13.8. The molecule has 3 rings (SSSR count). The number of carbonyl (C=O) groups is 2. The van der Waals surface area contributed by atoms with Gasteiger partial charge in [0.2, 0.25) is 11.8 Å². The second-order valence-electron chi connectivity index (χ2n) is 6.53. The van der Waals surface area contributed by atoms with E-state index in [1.54, 1.807) is 30.3 Å². The van der Waals surface area contributed by atoms with Gasteiger partial charge in [0.15, 0.2) is 0 Å². The SMILES string of the molecule is COc1ccc(C(=O)NCC(=O)N2CC(F)(F)C[C@H]2C#N)c(-c2ccccc2)n1. The maximum atomic E-state index is 13.5. The molecule has 2 aromatic rings. The summed E-state index contributed by atoms with van der Waals surface area (Å²) in [6, 6.07) is 12.4. The highest BCUT2D eigenvalue weighted by Gasteiger charge is 2.47. The molecule has 9 heteroatoms. The van der Waals surface area contributed by atoms with Gasteiger partial charge in [-0.1, -0.05) is 30.3 Å². The van der Waals surface area contributed by atoms with Gasteiger partial charge in [0.25, 0.3) is 11.8 Å². The number of likely N-dealkylation sites (tertiary alicyclic amines) is 1. The molecule has 1 fully saturated rings. The van der Waals surface area contributed by atoms with Crippen LogP contribution in [0.4, 0.5) is 8.78 Å². The number of hydrogen-bond acceptors (Lipinski definition) is 5. The van der Waals surface area contributed by atoms with Gasteiger partial charge in [-0.05, 0) is 6.07 Å². The predicted molar refractivity (Wildman–Crippen MR) is 99.2 cm³/mol. The summed E-state index contributed by atoms with van der Waals surface area (Å²) in [7, 11) is 1.45. The highest BCUT2D eigenvalue weighted by Crippen LogP contribution is 2.31. The maximum absolute atomic E-state index is 13.5. The maximum Gasteiger partial charge on any atom is 0.268 e. The van der Waals surface area contributed by atoms with Crippen LogP contribution < -0.4 is 10.1 Å². The molecule has 1 atom stereocenters. The van der Waals surface area contributed by atoms with Crippen LogP contribution in [0.25, 0.3) is 11.3 Å². The van der Waals surface area contributed by atoms with Crippen LogP contribution in [0.15, 0.2) is 42.5 Å². The fourth-order valence-electron chi connectivity index (χ4n) is 3.10. The van der Waals surface area contributed by atoms with Crippen molar-refractivity contribution in [3.63, 3.8) is 0 Å². The van der Waals surface area contributed by atoms with Crippen molar-refractivity contribution < 1.29 is 23.1 Å². The van der Waals surface area contributed by atoms with Gasteiger partial charge >= 0.3 is 0 Å². The van der Waals surface area contributed by atoms with Crippen LogP contribution in [0, 0.1) is 11.3 Å². The first-order valence-corrected chi connectivity index (χ1v) is 8.80. The van der Waals surface area contributed by atoms with Crippen molar-refractivity contribution in [1.29, 1.82) is 5.26 Å². The average molecular weight is 400 g/mol. The highest BCUT2D eigenvalue weighted by molar-refractivity contribution is 6.01. The van der Waals surface area contributed by atoms with E-state index >= 15 is 0 Å². The minimum absolute atomic E-state index is 0.202. The number of amides is 2. The van der Waals surface area contributed by atoms with Crippen molar-refractivity contribution >= 4 is 11.8 Å². The Bertz CT molecular complexity index is 960. The van der Waals surface area contributed by atoms with E-state index in [4.69, 9.17) is 10.00 Å². The van der Waals surface area contributed by atoms with E-state index in [0.717, 1.165) is 4.90 Å². The Morgan fingerprint density at radius 2 is 2.03 bits per heavy atom. The third-order valence-electron chi connectivity index (χ3n) is 4.51. The standard InChI is InChI=1S/C20H18F2N4O3/c1-29-16-8-7-15(18(25-16)13-5-3-2-4-6-13)19(28)24-11-17(27)26-12-20(21,22)9-14(26)10-23/h2-8,14H,9,11-12H2,1H3,(H,24,28)/t14-/m0/s1. The van der Waals surface area contributed by atoms with Crippen molar-refractivity contribution in [3.05, 3.63) is 48.0 Å². The second-order valence-corrected chi connectivity index (χ2v) is 6.53. The lowest BCUT2D eigenvalue weighted by molar-refractivity contribution is -0.131. The molecule has 1 aliphatic rings. The number of rotatable bonds is 5. The van der Waals surface area contributed by atoms with E-state index in [0.29, 0.717) is 17.1 Å². The van der Waals surface area contributed by atoms with Crippen LogP contribution in [-0.4, -0.2) is 53.9 Å². The number of nitrogens with zero attached hydrogens (tertiary/aromatic N) is 3. The fourth-order valence-corrected chi connectivity index (χ4v) is 3.10. The lowest BCUT2D eigenvalue weighted by Gasteiger charge is -2.19. The van der Waals surface area contributed by atoms with Crippen molar-refractivity contribution in [2.75, 3.05) is 20.2 Å². The van der Waals surface area contributed by atoms with Gasteiger partial charge < -0.3 is 15.0 Å². The molecule has 1 N–H and O–H groups in total. The van der Waals surface area contributed by atoms with Gasteiger partial charge in [0.05, 0.1) is 37.5 Å². The molecule has 0 unspecified atom stereocenters. The Balaban J connectivity index is 1.76. The van der Waals surface area contributed by atoms with Gasteiger partial charge in [-0.25, -0.2) is 13.8 Å². The zero-order chi connectivity index (χ0) is 21.0. The molecule has 150 valence electrons. The second kappa shape index (κ2) is 8.22. The Labute approximate surface area is 165 Å². The summed E-state index contributed by atoms with van der Waals surface area (Å²) >= 11 is 0. The molecule has 7 nitrogen and oxygen atoms in total. The normalized spacial score (nSPS) is 17.4. The quantitative estimate of drug-likeness (QED) is 0.831. The van der Waals surface area contributed by atoms with E-state index in [1.807, 2.05) is 6.07 Å². The molecule has 2 amide bonds. The summed E-state index contributed by atoms with van der Waals surface area (Å²) in [5.74, 6) is -4.13. The molecule has 1 aliphatic heterocycles. The van der Waals surface area contributed by atoms with Gasteiger partial charge in [-0.15, -0.1) is 0 Å². The number of ether oxygens (including phenoxy) is 1. The van der Waals surface area contributed by atoms with Crippen molar-refractivity contribution in [2.45, 2.75) is 18.4 Å². The van der Waals surface area contributed by atoms with E-state index < -0.39 is 43.3 Å². The number of alkyl halides is 2. The Kier molecular flexibility index (Phi) is 5.73. The zero-order valence-corrected chi connectivity index (χ0v) is 15.6. The average Bonchev–Trinajstić information content (AvgIpc) is 3.06. The summed E-state index contributed by atoms with van der Waals surface area (Å²) in [6.07, 6.45) is -0.705. The molecule has 29 heavy (non-hydrogen) atoms. The first-order valence-electron chi connectivity index (χ1n) is 8.80. The molecule has 0 aliphatic carbocycles. The molecule has 0 saturated carbocycles. The van der Waals surface area contributed by atoms with Crippen molar-refractivity contribution in [2.24, 2.45) is 0 Å². The number of halogens is 2. The molecule has 0 radical (unpaired) electrons. The van der Waals surface area contributed by atoms with Gasteiger partial charge in [-0.2, -0.15) is 5.26 Å². The third-order valence-corrected chi connectivity index (χ3v) is 4.51. The largest absolute Gasteiger partial charge is 0.481 e. The lowest BCUT2D eigenvalue weighted by Crippen LogP contribution is -2.43. The third kappa shape index (κ3) is 4.48. The molecular formula is C20H18F2N4O3. The summed E-state index contributed by atoms with van der Waals surface area (Å²) < 4.78 is 32.1. The number of hydrogen-bond donors (Lipinski definition) is 1. The molecule has 1 aromatic carbocycles. The number of carbonyl (C=O) groups excluding carboxylic acids is 2. The fraction of sp³-hybridized carbons (Fsp3) is 0.300. The Hall–Kier alpha value is -3.54. The van der Waals surface area contributed by atoms with E-state index in [-0.39, 0.29) is 5.56 Å². The number of nitriles is 1. The smallest absolute Gasteiger partial charge is 0.268 e. The van der Waals surface area contributed by atoms with E-state index in [9.17, 15) is 18.4 Å². The number of benzene rings is 1. The number of aromatic nitrogens is 1. The number of methoxy groups -OCH3 is 1. The summed E-state index contributed by atoms with van der Waals surface area (Å²) in [6.45, 7) is -1.34. The van der Waals surface area contributed by atoms with Crippen molar-refractivity contribution in [1.82, 2.24) is 15.2 Å². The van der Waals surface area contributed by atoms with Crippen LogP contribution in [0.1, 0.15) is 16.8 Å². The summed E-state index contributed by atoms with van der Waals surface area (Å²) in [5.41, 5.74) is 1.23. The molecule has 1 aromatic heterocycles. The first kappa shape index (κ1) is 20.2. The number of pyridine rings is 1. The zero-order valence-electron chi connectivity index (χ0n) is 15.6. The van der Waals surface area contributed by atoms with Gasteiger partial charge in [-0.3, -0.25) is 9.59 Å². The van der Waals surface area contributed by atoms with Crippen LogP contribution in [0.2, 0.25) is 0 Å². The molecule has 2 heterocycles. The molecule has 0 bridgehead atoms. The van der Waals surface area contributed by atoms with Gasteiger partial charge in [0.1, 0.15) is 6.04 Å². The monoisotopic (exact) mass is 400 g/mol. The van der Waals surface area contributed by atoms with Crippen LogP contribution in [0.3, 0.4) is 0 Å². The van der Waals surface area contributed by atoms with Gasteiger partial charge in [0, 0.05) is 18.1 Å². The molecule has 1 saturated heterocycles. The predicted octanol–water partition coefficient (Wildman–Crippen LogP) is 2.25. The van der Waals surface area contributed by atoms with Crippen LogP contribution in [-0.2, 0) is 4.79 Å². The summed E-state index contributed by atoms with van der Waals surface area (Å²) in [4.78, 5) is 30.1.